The summed E-state index contributed by atoms with van der Waals surface area (Å²) in [7, 11) is 1.34. The van der Waals surface area contributed by atoms with E-state index in [0.717, 1.165) is 0 Å². The van der Waals surface area contributed by atoms with Crippen molar-refractivity contribution in [2.24, 2.45) is 0 Å². The van der Waals surface area contributed by atoms with Gasteiger partial charge in [-0.3, -0.25) is 10.1 Å². The molecule has 2 aromatic rings. The third kappa shape index (κ3) is 3.97. The zero-order chi connectivity index (χ0) is 16.8. The van der Waals surface area contributed by atoms with Crippen LogP contribution in [0.25, 0.3) is 0 Å². The van der Waals surface area contributed by atoms with Gasteiger partial charge in [0.2, 0.25) is 0 Å². The van der Waals surface area contributed by atoms with E-state index in [1.54, 1.807) is 24.3 Å². The van der Waals surface area contributed by atoms with Crippen molar-refractivity contribution in [2.75, 3.05) is 12.4 Å². The molecule has 7 heteroatoms. The highest BCUT2D eigenvalue weighted by atomic mass is 19.1. The lowest BCUT2D eigenvalue weighted by Gasteiger charge is -2.11. The molecule has 0 aromatic heterocycles. The Bertz CT molecular complexity index is 732. The number of nitrogens with one attached hydrogen (secondary N) is 1. The molecule has 1 amide bonds. The second kappa shape index (κ2) is 7.26. The Morgan fingerprint density at radius 3 is 2.70 bits per heavy atom. The van der Waals surface area contributed by atoms with Crippen LogP contribution >= 0.6 is 0 Å². The first-order valence-electron chi connectivity index (χ1n) is 6.58. The van der Waals surface area contributed by atoms with Crippen LogP contribution in [-0.2, 0) is 6.61 Å². The minimum Gasteiger partial charge on any atom is -0.496 e. The summed E-state index contributed by atoms with van der Waals surface area (Å²) < 4.78 is 24.4. The Morgan fingerprint density at radius 2 is 2.04 bits per heavy atom. The number of carbonyl (C=O) groups is 2. The number of benzene rings is 2. The summed E-state index contributed by atoms with van der Waals surface area (Å²) in [6, 6.07) is 9.29. The van der Waals surface area contributed by atoms with E-state index in [1.165, 1.54) is 19.2 Å². The van der Waals surface area contributed by atoms with Crippen molar-refractivity contribution >= 4 is 18.1 Å². The number of amides is 1. The summed E-state index contributed by atoms with van der Waals surface area (Å²) in [6.45, 7) is 0.0106. The summed E-state index contributed by atoms with van der Waals surface area (Å²) in [6.07, 6.45) is -0.821. The van der Waals surface area contributed by atoms with Gasteiger partial charge in [-0.2, -0.15) is 0 Å². The van der Waals surface area contributed by atoms with Crippen molar-refractivity contribution in [3.05, 3.63) is 53.3 Å². The van der Waals surface area contributed by atoms with Crippen LogP contribution in [0.3, 0.4) is 0 Å². The third-order valence-electron chi connectivity index (χ3n) is 3.01. The van der Waals surface area contributed by atoms with Crippen molar-refractivity contribution in [3.8, 4) is 11.5 Å². The lowest BCUT2D eigenvalue weighted by atomic mass is 10.2. The molecule has 0 saturated heterocycles. The molecule has 23 heavy (non-hydrogen) atoms. The van der Waals surface area contributed by atoms with Gasteiger partial charge in [0.15, 0.2) is 17.9 Å². The Balaban J connectivity index is 2.15. The molecule has 0 aliphatic rings. The van der Waals surface area contributed by atoms with E-state index < -0.39 is 11.9 Å². The van der Waals surface area contributed by atoms with Gasteiger partial charge in [0.25, 0.3) is 0 Å². The molecule has 2 N–H and O–H groups in total. The molecule has 0 atom stereocenters. The van der Waals surface area contributed by atoms with Gasteiger partial charge in [0, 0.05) is 5.69 Å². The van der Waals surface area contributed by atoms with Gasteiger partial charge in [-0.15, -0.1) is 0 Å². The normalized spacial score (nSPS) is 10.0. The Morgan fingerprint density at radius 1 is 1.30 bits per heavy atom. The number of carboxylic acid groups (broad SMARTS) is 1. The first-order chi connectivity index (χ1) is 11.0. The Hall–Kier alpha value is -3.09. The second-order valence-corrected chi connectivity index (χ2v) is 4.53. The molecular weight excluding hydrogens is 305 g/mol. The molecule has 0 spiro atoms. The fourth-order valence-electron chi connectivity index (χ4n) is 1.98. The van der Waals surface area contributed by atoms with Crippen molar-refractivity contribution in [2.45, 2.75) is 6.61 Å². The second-order valence-electron chi connectivity index (χ2n) is 4.53. The molecule has 2 aromatic carbocycles. The zero-order valence-corrected chi connectivity index (χ0v) is 12.2. The number of rotatable bonds is 6. The fraction of sp³-hybridized carbons (Fsp3) is 0.125. The minimum absolute atomic E-state index is 0.0106. The number of hydrogen-bond acceptors (Lipinski definition) is 4. The van der Waals surface area contributed by atoms with E-state index in [0.29, 0.717) is 17.5 Å². The molecular formula is C16H14FNO5. The molecule has 0 bridgehead atoms. The minimum atomic E-state index is -1.18. The van der Waals surface area contributed by atoms with Crippen LogP contribution in [0, 0.1) is 5.82 Å². The van der Waals surface area contributed by atoms with E-state index in [-0.39, 0.29) is 23.7 Å². The van der Waals surface area contributed by atoms with Crippen molar-refractivity contribution in [1.82, 2.24) is 0 Å². The molecule has 0 radical (unpaired) electrons. The Kier molecular flexibility index (Phi) is 5.14. The van der Waals surface area contributed by atoms with Crippen LogP contribution in [0.2, 0.25) is 0 Å². The van der Waals surface area contributed by atoms with Crippen LogP contribution in [-0.4, -0.2) is 24.6 Å². The average Bonchev–Trinajstić information content (AvgIpc) is 2.53. The van der Waals surface area contributed by atoms with Crippen LogP contribution in [0.5, 0.6) is 11.5 Å². The molecule has 0 saturated carbocycles. The molecule has 0 aliphatic heterocycles. The number of ether oxygens (including phenoxy) is 2. The first kappa shape index (κ1) is 16.3. The average molecular weight is 319 g/mol. The quantitative estimate of drug-likeness (QED) is 0.798. The monoisotopic (exact) mass is 319 g/mol. The molecule has 120 valence electrons. The smallest absolute Gasteiger partial charge is 0.409 e. The number of methoxy groups -OCH3 is 1. The zero-order valence-electron chi connectivity index (χ0n) is 12.2. The van der Waals surface area contributed by atoms with Crippen LogP contribution in [0.4, 0.5) is 14.9 Å². The SMILES string of the molecule is COc1ccc(OCc2cccc(NC(=O)O)c2)c(F)c1C=O. The maximum atomic E-state index is 14.1. The van der Waals surface area contributed by atoms with E-state index >= 15 is 0 Å². The highest BCUT2D eigenvalue weighted by Crippen LogP contribution is 2.28. The predicted molar refractivity (Wildman–Crippen MR) is 80.8 cm³/mol. The van der Waals surface area contributed by atoms with Crippen molar-refractivity contribution < 1.29 is 28.6 Å². The fourth-order valence-corrected chi connectivity index (χ4v) is 1.98. The van der Waals surface area contributed by atoms with Crippen LogP contribution < -0.4 is 14.8 Å². The van der Waals surface area contributed by atoms with Gasteiger partial charge in [-0.25, -0.2) is 9.18 Å². The lowest BCUT2D eigenvalue weighted by Crippen LogP contribution is -2.07. The molecule has 2 rings (SSSR count). The summed E-state index contributed by atoms with van der Waals surface area (Å²) in [5.74, 6) is -0.777. The van der Waals surface area contributed by atoms with Crippen LogP contribution in [0.15, 0.2) is 36.4 Å². The van der Waals surface area contributed by atoms with E-state index in [4.69, 9.17) is 14.6 Å². The number of halogens is 1. The first-order valence-corrected chi connectivity index (χ1v) is 6.58. The topological polar surface area (TPSA) is 84.9 Å². The summed E-state index contributed by atoms with van der Waals surface area (Å²) in [5.41, 5.74) is 0.799. The number of hydrogen-bond donors (Lipinski definition) is 2. The molecule has 0 unspecified atom stereocenters. The molecule has 0 fully saturated rings. The molecule has 0 aliphatic carbocycles. The predicted octanol–water partition coefficient (Wildman–Crippen LogP) is 3.32. The summed E-state index contributed by atoms with van der Waals surface area (Å²) >= 11 is 0. The van der Waals surface area contributed by atoms with Gasteiger partial charge in [0.1, 0.15) is 12.4 Å². The number of anilines is 1. The van der Waals surface area contributed by atoms with E-state index in [2.05, 4.69) is 5.32 Å². The lowest BCUT2D eigenvalue weighted by molar-refractivity contribution is 0.111. The highest BCUT2D eigenvalue weighted by Gasteiger charge is 2.14. The van der Waals surface area contributed by atoms with Crippen molar-refractivity contribution in [3.63, 3.8) is 0 Å². The van der Waals surface area contributed by atoms with Gasteiger partial charge in [-0.05, 0) is 29.8 Å². The van der Waals surface area contributed by atoms with Crippen molar-refractivity contribution in [1.29, 1.82) is 0 Å². The summed E-state index contributed by atoms with van der Waals surface area (Å²) in [5, 5.41) is 10.9. The van der Waals surface area contributed by atoms with Gasteiger partial charge in [0.05, 0.1) is 12.7 Å². The van der Waals surface area contributed by atoms with Gasteiger partial charge in [-0.1, -0.05) is 12.1 Å². The third-order valence-corrected chi connectivity index (χ3v) is 3.01. The van der Waals surface area contributed by atoms with Gasteiger partial charge >= 0.3 is 6.09 Å². The number of carbonyl (C=O) groups excluding carboxylic acids is 1. The maximum absolute atomic E-state index is 14.1. The largest absolute Gasteiger partial charge is 0.496 e. The summed E-state index contributed by atoms with van der Waals surface area (Å²) in [4.78, 5) is 21.5. The van der Waals surface area contributed by atoms with E-state index in [9.17, 15) is 14.0 Å². The standard InChI is InChI=1S/C16H14FNO5/c1-22-13-5-6-14(15(17)12(13)8-19)23-9-10-3-2-4-11(7-10)18-16(20)21/h2-8,18H,9H2,1H3,(H,20,21). The molecule has 0 heterocycles. The highest BCUT2D eigenvalue weighted by molar-refractivity contribution is 5.83. The maximum Gasteiger partial charge on any atom is 0.409 e. The molecule has 6 nitrogen and oxygen atoms in total. The Labute approximate surface area is 131 Å². The van der Waals surface area contributed by atoms with E-state index in [1.807, 2.05) is 0 Å². The van der Waals surface area contributed by atoms with Gasteiger partial charge < -0.3 is 14.6 Å². The number of aldehydes is 1. The van der Waals surface area contributed by atoms with Crippen LogP contribution in [0.1, 0.15) is 15.9 Å².